The molecule has 0 bridgehead atoms. The predicted octanol–water partition coefficient (Wildman–Crippen LogP) is 1.28. The van der Waals surface area contributed by atoms with Crippen molar-refractivity contribution in [1.82, 2.24) is 0 Å². The molecule has 0 fully saturated rings. The molecule has 0 saturated carbocycles. The second kappa shape index (κ2) is 4.45. The summed E-state index contributed by atoms with van der Waals surface area (Å²) in [5, 5.41) is 8.81. The smallest absolute Gasteiger partial charge is 0.339 e. The van der Waals surface area contributed by atoms with E-state index in [1.165, 1.54) is 18.2 Å². The SMILES string of the molecule is CCC(=O)Oc1cc(N)ccc1C(=O)O. The highest BCUT2D eigenvalue weighted by Gasteiger charge is 2.13. The highest BCUT2D eigenvalue weighted by atomic mass is 16.5. The van der Waals surface area contributed by atoms with Crippen LogP contribution in [0.15, 0.2) is 18.2 Å². The van der Waals surface area contributed by atoms with Crippen LogP contribution in [0.5, 0.6) is 5.75 Å². The van der Waals surface area contributed by atoms with E-state index in [-0.39, 0.29) is 17.7 Å². The number of carboxylic acid groups (broad SMARTS) is 1. The van der Waals surface area contributed by atoms with Gasteiger partial charge < -0.3 is 15.6 Å². The van der Waals surface area contributed by atoms with Gasteiger partial charge in [0.15, 0.2) is 0 Å². The van der Waals surface area contributed by atoms with Crippen molar-refractivity contribution < 1.29 is 19.4 Å². The molecule has 1 rings (SSSR count). The lowest BCUT2D eigenvalue weighted by molar-refractivity contribution is -0.134. The van der Waals surface area contributed by atoms with Gasteiger partial charge in [-0.2, -0.15) is 0 Å². The molecule has 0 saturated heterocycles. The van der Waals surface area contributed by atoms with Crippen LogP contribution in [0.4, 0.5) is 5.69 Å². The monoisotopic (exact) mass is 209 g/mol. The Labute approximate surface area is 86.5 Å². The van der Waals surface area contributed by atoms with Crippen LogP contribution in [0.1, 0.15) is 23.7 Å². The fourth-order valence-corrected chi connectivity index (χ4v) is 0.995. The van der Waals surface area contributed by atoms with E-state index in [1.807, 2.05) is 0 Å². The summed E-state index contributed by atoms with van der Waals surface area (Å²) in [7, 11) is 0. The Balaban J connectivity index is 3.07. The number of ether oxygens (including phenoxy) is 1. The van der Waals surface area contributed by atoms with Crippen molar-refractivity contribution in [3.8, 4) is 5.75 Å². The Bertz CT molecular complexity index is 400. The van der Waals surface area contributed by atoms with Crippen molar-refractivity contribution >= 4 is 17.6 Å². The minimum atomic E-state index is -1.16. The number of anilines is 1. The summed E-state index contributed by atoms with van der Waals surface area (Å²) in [4.78, 5) is 21.8. The molecule has 0 radical (unpaired) electrons. The molecule has 3 N–H and O–H groups in total. The number of hydrogen-bond donors (Lipinski definition) is 2. The number of carboxylic acids is 1. The van der Waals surface area contributed by atoms with Gasteiger partial charge >= 0.3 is 11.9 Å². The maximum Gasteiger partial charge on any atom is 0.339 e. The summed E-state index contributed by atoms with van der Waals surface area (Å²) >= 11 is 0. The van der Waals surface area contributed by atoms with Gasteiger partial charge in [-0.15, -0.1) is 0 Å². The summed E-state index contributed by atoms with van der Waals surface area (Å²) < 4.78 is 4.84. The highest BCUT2D eigenvalue weighted by Crippen LogP contribution is 2.22. The Morgan fingerprint density at radius 2 is 2.13 bits per heavy atom. The second-order valence-electron chi connectivity index (χ2n) is 2.89. The molecule has 0 atom stereocenters. The lowest BCUT2D eigenvalue weighted by Gasteiger charge is -2.06. The first-order chi connectivity index (χ1) is 7.04. The predicted molar refractivity (Wildman–Crippen MR) is 53.7 cm³/mol. The van der Waals surface area contributed by atoms with Crippen LogP contribution in [0, 0.1) is 0 Å². The summed E-state index contributed by atoms with van der Waals surface area (Å²) in [5.74, 6) is -1.67. The molecule has 0 unspecified atom stereocenters. The molecule has 5 nitrogen and oxygen atoms in total. The van der Waals surface area contributed by atoms with E-state index in [0.29, 0.717) is 5.69 Å². The average Bonchev–Trinajstić information content (AvgIpc) is 2.17. The zero-order chi connectivity index (χ0) is 11.4. The fraction of sp³-hybridized carbons (Fsp3) is 0.200. The molecular formula is C10H11NO4. The van der Waals surface area contributed by atoms with Gasteiger partial charge in [0.2, 0.25) is 0 Å². The molecule has 0 aliphatic heterocycles. The number of esters is 1. The van der Waals surface area contributed by atoms with Crippen molar-refractivity contribution in [1.29, 1.82) is 0 Å². The Morgan fingerprint density at radius 3 is 2.67 bits per heavy atom. The lowest BCUT2D eigenvalue weighted by atomic mass is 10.2. The number of nitrogens with two attached hydrogens (primary N) is 1. The second-order valence-corrected chi connectivity index (χ2v) is 2.89. The zero-order valence-electron chi connectivity index (χ0n) is 8.19. The van der Waals surface area contributed by atoms with E-state index in [2.05, 4.69) is 0 Å². The number of hydrogen-bond acceptors (Lipinski definition) is 4. The number of carbonyl (C=O) groups excluding carboxylic acids is 1. The molecule has 0 amide bonds. The van der Waals surface area contributed by atoms with Crippen LogP contribution >= 0.6 is 0 Å². The average molecular weight is 209 g/mol. The summed E-state index contributed by atoms with van der Waals surface area (Å²) in [6.45, 7) is 1.62. The van der Waals surface area contributed by atoms with Crippen LogP contribution in [-0.2, 0) is 4.79 Å². The topological polar surface area (TPSA) is 89.6 Å². The van der Waals surface area contributed by atoms with Gasteiger partial charge in [-0.05, 0) is 12.1 Å². The van der Waals surface area contributed by atoms with Gasteiger partial charge in [0, 0.05) is 18.2 Å². The van der Waals surface area contributed by atoms with Crippen molar-refractivity contribution in [2.45, 2.75) is 13.3 Å². The summed E-state index contributed by atoms with van der Waals surface area (Å²) in [5.41, 5.74) is 5.73. The first-order valence-corrected chi connectivity index (χ1v) is 4.38. The van der Waals surface area contributed by atoms with Gasteiger partial charge in [0.05, 0.1) is 0 Å². The number of benzene rings is 1. The van der Waals surface area contributed by atoms with Crippen LogP contribution < -0.4 is 10.5 Å². The lowest BCUT2D eigenvalue weighted by Crippen LogP contribution is -2.10. The molecule has 0 aromatic heterocycles. The van der Waals surface area contributed by atoms with Crippen LogP contribution in [0.25, 0.3) is 0 Å². The van der Waals surface area contributed by atoms with Crippen molar-refractivity contribution in [2.75, 3.05) is 5.73 Å². The largest absolute Gasteiger partial charge is 0.478 e. The zero-order valence-corrected chi connectivity index (χ0v) is 8.19. The fourth-order valence-electron chi connectivity index (χ4n) is 0.995. The Hall–Kier alpha value is -2.04. The highest BCUT2D eigenvalue weighted by molar-refractivity contribution is 5.92. The first kappa shape index (κ1) is 11.0. The van der Waals surface area contributed by atoms with E-state index < -0.39 is 11.9 Å². The van der Waals surface area contributed by atoms with E-state index in [0.717, 1.165) is 0 Å². The quantitative estimate of drug-likeness (QED) is 0.444. The molecule has 0 heterocycles. The van der Waals surface area contributed by atoms with Crippen LogP contribution in [-0.4, -0.2) is 17.0 Å². The van der Waals surface area contributed by atoms with Crippen LogP contribution in [0.2, 0.25) is 0 Å². The minimum absolute atomic E-state index is 0.0191. The molecule has 1 aromatic rings. The molecule has 15 heavy (non-hydrogen) atoms. The van der Waals surface area contributed by atoms with Gasteiger partial charge in [0.1, 0.15) is 11.3 Å². The van der Waals surface area contributed by atoms with E-state index in [9.17, 15) is 9.59 Å². The van der Waals surface area contributed by atoms with Gasteiger partial charge in [-0.25, -0.2) is 4.79 Å². The maximum absolute atomic E-state index is 11.0. The Kier molecular flexibility index (Phi) is 3.28. The third kappa shape index (κ3) is 2.70. The van der Waals surface area contributed by atoms with Gasteiger partial charge in [0.25, 0.3) is 0 Å². The van der Waals surface area contributed by atoms with Crippen molar-refractivity contribution in [2.24, 2.45) is 0 Å². The van der Waals surface area contributed by atoms with Crippen LogP contribution in [0.3, 0.4) is 0 Å². The molecule has 0 spiro atoms. The summed E-state index contributed by atoms with van der Waals surface area (Å²) in [6.07, 6.45) is 0.174. The van der Waals surface area contributed by atoms with Gasteiger partial charge in [-0.3, -0.25) is 4.79 Å². The molecule has 1 aromatic carbocycles. The molecule has 5 heteroatoms. The number of nitrogen functional groups attached to an aromatic ring is 1. The molecule has 0 aliphatic rings. The third-order valence-corrected chi connectivity index (χ3v) is 1.75. The standard InChI is InChI=1S/C10H11NO4/c1-2-9(12)15-8-5-6(11)3-4-7(8)10(13)14/h3-5H,2,11H2,1H3,(H,13,14). The normalized spacial score (nSPS) is 9.67. The van der Waals surface area contributed by atoms with E-state index >= 15 is 0 Å². The minimum Gasteiger partial charge on any atom is -0.478 e. The number of rotatable bonds is 3. The first-order valence-electron chi connectivity index (χ1n) is 4.38. The Morgan fingerprint density at radius 1 is 1.47 bits per heavy atom. The van der Waals surface area contributed by atoms with E-state index in [1.54, 1.807) is 6.92 Å². The van der Waals surface area contributed by atoms with Crippen molar-refractivity contribution in [3.05, 3.63) is 23.8 Å². The molecule has 0 aliphatic carbocycles. The third-order valence-electron chi connectivity index (χ3n) is 1.75. The summed E-state index contributed by atoms with van der Waals surface area (Å²) in [6, 6.07) is 4.06. The number of aromatic carboxylic acids is 1. The maximum atomic E-state index is 11.0. The number of carbonyl (C=O) groups is 2. The van der Waals surface area contributed by atoms with Crippen molar-refractivity contribution in [3.63, 3.8) is 0 Å². The molecule has 80 valence electrons. The van der Waals surface area contributed by atoms with E-state index in [4.69, 9.17) is 15.6 Å². The van der Waals surface area contributed by atoms with Gasteiger partial charge in [-0.1, -0.05) is 6.92 Å². The molecular weight excluding hydrogens is 198 g/mol.